The zero-order valence-electron chi connectivity index (χ0n) is 11.6. The maximum Gasteiger partial charge on any atom is 0.335 e. The molecule has 0 aliphatic carbocycles. The number of likely N-dealkylation sites (N-methyl/N-ethyl adjacent to an activating group) is 1. The first-order valence-electron chi connectivity index (χ1n) is 6.27. The molecule has 1 rings (SSSR count). The number of amides is 1. The molecule has 0 saturated carbocycles. The van der Waals surface area contributed by atoms with E-state index >= 15 is 0 Å². The van der Waals surface area contributed by atoms with Gasteiger partial charge in [-0.1, -0.05) is 6.92 Å². The van der Waals surface area contributed by atoms with Gasteiger partial charge in [0.2, 0.25) is 5.91 Å². The molecule has 0 unspecified atom stereocenters. The predicted molar refractivity (Wildman–Crippen MR) is 74.7 cm³/mol. The van der Waals surface area contributed by atoms with Gasteiger partial charge in [0, 0.05) is 19.3 Å². The fourth-order valence-electron chi connectivity index (χ4n) is 1.75. The van der Waals surface area contributed by atoms with Gasteiger partial charge in [-0.2, -0.15) is 0 Å². The number of benzene rings is 1. The highest BCUT2D eigenvalue weighted by molar-refractivity contribution is 5.90. The Bertz CT molecular complexity index is 472. The highest BCUT2D eigenvalue weighted by Crippen LogP contribution is 2.18. The summed E-state index contributed by atoms with van der Waals surface area (Å²) in [6.45, 7) is 4.67. The second kappa shape index (κ2) is 6.78. The molecule has 0 heterocycles. The highest BCUT2D eigenvalue weighted by atomic mass is 16.4. The number of aryl methyl sites for hydroxylation is 1. The number of anilines is 1. The zero-order valence-corrected chi connectivity index (χ0v) is 11.6. The summed E-state index contributed by atoms with van der Waals surface area (Å²) in [6.07, 6.45) is 0.905. The average molecular weight is 264 g/mol. The molecule has 0 radical (unpaired) electrons. The standard InChI is InChI=1S/C14H20N2O3/c1-4-7-15-13(17)9-16(3)11-5-6-12(14(18)19)10(2)8-11/h5-6,8H,4,7,9H2,1-3H3,(H,15,17)(H,18,19). The van der Waals surface area contributed by atoms with Gasteiger partial charge < -0.3 is 15.3 Å². The van der Waals surface area contributed by atoms with Crippen molar-refractivity contribution in [1.29, 1.82) is 0 Å². The molecule has 0 aliphatic heterocycles. The second-order valence-electron chi connectivity index (χ2n) is 4.51. The Hall–Kier alpha value is -2.04. The minimum Gasteiger partial charge on any atom is -0.478 e. The van der Waals surface area contributed by atoms with Crippen molar-refractivity contribution in [1.82, 2.24) is 5.32 Å². The summed E-state index contributed by atoms with van der Waals surface area (Å²) in [6, 6.07) is 5.05. The summed E-state index contributed by atoms with van der Waals surface area (Å²) < 4.78 is 0. The topological polar surface area (TPSA) is 69.6 Å². The van der Waals surface area contributed by atoms with Gasteiger partial charge in [-0.3, -0.25) is 4.79 Å². The van der Waals surface area contributed by atoms with Gasteiger partial charge in [0.15, 0.2) is 0 Å². The minimum atomic E-state index is -0.938. The van der Waals surface area contributed by atoms with E-state index in [0.29, 0.717) is 12.1 Å². The molecule has 0 bridgehead atoms. The van der Waals surface area contributed by atoms with E-state index in [1.165, 1.54) is 0 Å². The van der Waals surface area contributed by atoms with Gasteiger partial charge in [0.05, 0.1) is 12.1 Å². The van der Waals surface area contributed by atoms with Gasteiger partial charge in [-0.05, 0) is 37.1 Å². The molecule has 0 aromatic heterocycles. The van der Waals surface area contributed by atoms with Crippen molar-refractivity contribution >= 4 is 17.6 Å². The van der Waals surface area contributed by atoms with E-state index < -0.39 is 5.97 Å². The third-order valence-electron chi connectivity index (χ3n) is 2.83. The molecular weight excluding hydrogens is 244 g/mol. The Kier molecular flexibility index (Phi) is 5.36. The summed E-state index contributed by atoms with van der Waals surface area (Å²) in [5.74, 6) is -0.975. The third-order valence-corrected chi connectivity index (χ3v) is 2.83. The molecular formula is C14H20N2O3. The van der Waals surface area contributed by atoms with Crippen molar-refractivity contribution in [2.24, 2.45) is 0 Å². The van der Waals surface area contributed by atoms with Crippen LogP contribution in [0.25, 0.3) is 0 Å². The molecule has 2 N–H and O–H groups in total. The van der Waals surface area contributed by atoms with Crippen LogP contribution in [0.4, 0.5) is 5.69 Å². The van der Waals surface area contributed by atoms with Gasteiger partial charge in [-0.15, -0.1) is 0 Å². The Labute approximate surface area is 113 Å². The van der Waals surface area contributed by atoms with E-state index in [0.717, 1.165) is 12.1 Å². The van der Waals surface area contributed by atoms with Gasteiger partial charge in [-0.25, -0.2) is 4.79 Å². The van der Waals surface area contributed by atoms with E-state index in [2.05, 4.69) is 5.32 Å². The predicted octanol–water partition coefficient (Wildman–Crippen LogP) is 1.66. The van der Waals surface area contributed by atoms with Crippen LogP contribution >= 0.6 is 0 Å². The molecule has 0 spiro atoms. The van der Waals surface area contributed by atoms with Crippen LogP contribution in [0.1, 0.15) is 29.3 Å². The van der Waals surface area contributed by atoms with Crippen LogP contribution in [0.3, 0.4) is 0 Å². The third kappa shape index (κ3) is 4.28. The molecule has 104 valence electrons. The van der Waals surface area contributed by atoms with Crippen molar-refractivity contribution in [2.75, 3.05) is 25.0 Å². The summed E-state index contributed by atoms with van der Waals surface area (Å²) in [4.78, 5) is 24.3. The molecule has 1 aromatic carbocycles. The molecule has 0 atom stereocenters. The molecule has 0 aliphatic rings. The van der Waals surface area contributed by atoms with Crippen LogP contribution in [-0.4, -0.2) is 37.1 Å². The highest BCUT2D eigenvalue weighted by Gasteiger charge is 2.11. The summed E-state index contributed by atoms with van der Waals surface area (Å²) >= 11 is 0. The second-order valence-corrected chi connectivity index (χ2v) is 4.51. The molecule has 19 heavy (non-hydrogen) atoms. The molecule has 5 heteroatoms. The number of nitrogens with one attached hydrogen (secondary N) is 1. The van der Waals surface area contributed by atoms with Crippen LogP contribution in [0.15, 0.2) is 18.2 Å². The van der Waals surface area contributed by atoms with Crippen LogP contribution in [-0.2, 0) is 4.79 Å². The maximum absolute atomic E-state index is 11.6. The fourth-order valence-corrected chi connectivity index (χ4v) is 1.75. The monoisotopic (exact) mass is 264 g/mol. The molecule has 5 nitrogen and oxygen atoms in total. The number of nitrogens with zero attached hydrogens (tertiary/aromatic N) is 1. The smallest absolute Gasteiger partial charge is 0.335 e. The number of hydrogen-bond donors (Lipinski definition) is 2. The van der Waals surface area contributed by atoms with Crippen LogP contribution in [0.5, 0.6) is 0 Å². The van der Waals surface area contributed by atoms with Crippen LogP contribution in [0.2, 0.25) is 0 Å². The van der Waals surface area contributed by atoms with Crippen LogP contribution < -0.4 is 10.2 Å². The van der Waals surface area contributed by atoms with Crippen molar-refractivity contribution < 1.29 is 14.7 Å². The van der Waals surface area contributed by atoms with E-state index in [9.17, 15) is 9.59 Å². The molecule has 0 saturated heterocycles. The fraction of sp³-hybridized carbons (Fsp3) is 0.429. The van der Waals surface area contributed by atoms with E-state index in [-0.39, 0.29) is 18.0 Å². The number of carboxylic acid groups (broad SMARTS) is 1. The largest absolute Gasteiger partial charge is 0.478 e. The Morgan fingerprint density at radius 3 is 2.58 bits per heavy atom. The van der Waals surface area contributed by atoms with Gasteiger partial charge in [0.1, 0.15) is 0 Å². The van der Waals surface area contributed by atoms with Crippen molar-refractivity contribution in [2.45, 2.75) is 20.3 Å². The first-order valence-corrected chi connectivity index (χ1v) is 6.27. The van der Waals surface area contributed by atoms with E-state index in [4.69, 9.17) is 5.11 Å². The Balaban J connectivity index is 2.72. The Morgan fingerprint density at radius 2 is 2.05 bits per heavy atom. The van der Waals surface area contributed by atoms with Crippen molar-refractivity contribution in [3.8, 4) is 0 Å². The number of aromatic carboxylic acids is 1. The quantitative estimate of drug-likeness (QED) is 0.819. The number of hydrogen-bond acceptors (Lipinski definition) is 3. The molecule has 1 amide bonds. The van der Waals surface area contributed by atoms with Crippen molar-refractivity contribution in [3.05, 3.63) is 29.3 Å². The zero-order chi connectivity index (χ0) is 14.4. The first kappa shape index (κ1) is 15.0. The minimum absolute atomic E-state index is 0.0377. The molecule has 1 aromatic rings. The summed E-state index contributed by atoms with van der Waals surface area (Å²) in [7, 11) is 1.81. The SMILES string of the molecule is CCCNC(=O)CN(C)c1ccc(C(=O)O)c(C)c1. The summed E-state index contributed by atoms with van der Waals surface area (Å²) in [5, 5.41) is 11.8. The van der Waals surface area contributed by atoms with E-state index in [1.54, 1.807) is 37.1 Å². The number of carbonyl (C=O) groups excluding carboxylic acids is 1. The lowest BCUT2D eigenvalue weighted by atomic mass is 10.1. The maximum atomic E-state index is 11.6. The lowest BCUT2D eigenvalue weighted by Crippen LogP contribution is -2.35. The lowest BCUT2D eigenvalue weighted by Gasteiger charge is -2.19. The normalized spacial score (nSPS) is 10.1. The van der Waals surface area contributed by atoms with Gasteiger partial charge >= 0.3 is 5.97 Å². The number of rotatable bonds is 6. The average Bonchev–Trinajstić information content (AvgIpc) is 2.35. The van der Waals surface area contributed by atoms with Crippen molar-refractivity contribution in [3.63, 3.8) is 0 Å². The lowest BCUT2D eigenvalue weighted by molar-refractivity contribution is -0.119. The first-order chi connectivity index (χ1) is 8.95. The van der Waals surface area contributed by atoms with Crippen LogP contribution in [0, 0.1) is 6.92 Å². The Morgan fingerprint density at radius 1 is 1.37 bits per heavy atom. The number of carboxylic acids is 1. The summed E-state index contributed by atoms with van der Waals surface area (Å²) in [5.41, 5.74) is 1.80. The van der Waals surface area contributed by atoms with Gasteiger partial charge in [0.25, 0.3) is 0 Å². The molecule has 0 fully saturated rings. The number of carbonyl (C=O) groups is 2. The van der Waals surface area contributed by atoms with E-state index in [1.807, 2.05) is 6.92 Å².